The molecule has 0 saturated heterocycles. The molecular formula is C23H22NaO6P. The Kier molecular flexibility index (Phi) is 9.07. The molecular weight excluding hydrogens is 426 g/mol. The van der Waals surface area contributed by atoms with Gasteiger partial charge in [-0.1, -0.05) is 36.4 Å². The maximum absolute atomic E-state index is 12.8. The standard InChI is InChI=1S/C23H23O6P.Na/c1-16-13-17(2)15-21(14-16)29-30(25,26)28-20-11-9-18(10-12-20)22(24)23(27-3)19-7-5-4-6-8-19;/h4-15,23H,1-3H3,(H,25,26);/q;+1/p-1. The van der Waals surface area contributed by atoms with Crippen LogP contribution >= 0.6 is 7.82 Å². The van der Waals surface area contributed by atoms with E-state index < -0.39 is 13.9 Å². The van der Waals surface area contributed by atoms with Crippen LogP contribution in [0, 0.1) is 13.8 Å². The van der Waals surface area contributed by atoms with E-state index in [1.54, 1.807) is 12.1 Å². The Bertz CT molecular complexity index is 1050. The van der Waals surface area contributed by atoms with Crippen molar-refractivity contribution in [3.8, 4) is 11.5 Å². The van der Waals surface area contributed by atoms with E-state index in [2.05, 4.69) is 0 Å². The van der Waals surface area contributed by atoms with E-state index in [4.69, 9.17) is 13.8 Å². The van der Waals surface area contributed by atoms with Gasteiger partial charge in [-0.25, -0.2) is 4.57 Å². The van der Waals surface area contributed by atoms with Gasteiger partial charge in [-0.05, 0) is 66.9 Å². The van der Waals surface area contributed by atoms with E-state index >= 15 is 0 Å². The van der Waals surface area contributed by atoms with Crippen LogP contribution in [0.2, 0.25) is 0 Å². The SMILES string of the molecule is COC(C(=O)c1ccc(OP(=O)([O-])Oc2cc(C)cc(C)c2)cc1)c1ccccc1.[Na+]. The minimum Gasteiger partial charge on any atom is -0.736 e. The van der Waals surface area contributed by atoms with Gasteiger partial charge in [0.25, 0.3) is 0 Å². The molecule has 6 nitrogen and oxygen atoms in total. The Balaban J connectivity index is 0.00000341. The van der Waals surface area contributed by atoms with Gasteiger partial charge in [-0.15, -0.1) is 0 Å². The molecule has 0 radical (unpaired) electrons. The first kappa shape index (κ1) is 25.3. The van der Waals surface area contributed by atoms with Crippen LogP contribution in [0.15, 0.2) is 72.8 Å². The molecule has 31 heavy (non-hydrogen) atoms. The van der Waals surface area contributed by atoms with Crippen molar-refractivity contribution in [1.29, 1.82) is 0 Å². The van der Waals surface area contributed by atoms with Gasteiger partial charge in [0.2, 0.25) is 0 Å². The molecule has 3 rings (SSSR count). The number of rotatable bonds is 8. The van der Waals surface area contributed by atoms with Crippen LogP contribution in [0.4, 0.5) is 0 Å². The number of hydrogen-bond donors (Lipinski definition) is 0. The van der Waals surface area contributed by atoms with Crippen molar-refractivity contribution in [2.24, 2.45) is 0 Å². The average Bonchev–Trinajstić information content (AvgIpc) is 2.68. The summed E-state index contributed by atoms with van der Waals surface area (Å²) in [5.41, 5.74) is 2.85. The molecule has 8 heteroatoms. The minimum atomic E-state index is -4.65. The van der Waals surface area contributed by atoms with Crippen molar-refractivity contribution in [3.63, 3.8) is 0 Å². The van der Waals surface area contributed by atoms with Crippen molar-refractivity contribution in [3.05, 3.63) is 95.1 Å². The molecule has 0 spiro atoms. The van der Waals surface area contributed by atoms with E-state index in [9.17, 15) is 14.3 Å². The molecule has 3 aromatic carbocycles. The molecule has 0 bridgehead atoms. The number of ketones is 1. The summed E-state index contributed by atoms with van der Waals surface area (Å²) in [5.74, 6) is -0.0154. The average molecular weight is 448 g/mol. The van der Waals surface area contributed by atoms with Gasteiger partial charge < -0.3 is 18.7 Å². The molecule has 0 heterocycles. The third-order valence-electron chi connectivity index (χ3n) is 4.34. The smallest absolute Gasteiger partial charge is 0.736 e. The number of methoxy groups -OCH3 is 1. The quantitative estimate of drug-likeness (QED) is 0.297. The minimum absolute atomic E-state index is 0. The predicted octanol–water partition coefficient (Wildman–Crippen LogP) is 1.80. The third-order valence-corrected chi connectivity index (χ3v) is 5.21. The molecule has 0 saturated carbocycles. The first-order chi connectivity index (χ1) is 14.3. The van der Waals surface area contributed by atoms with Crippen LogP contribution in [0.3, 0.4) is 0 Å². The van der Waals surface area contributed by atoms with Crippen molar-refractivity contribution >= 4 is 13.6 Å². The second kappa shape index (κ2) is 11.1. The van der Waals surface area contributed by atoms with E-state index in [0.717, 1.165) is 16.7 Å². The Labute approximate surface area is 204 Å². The number of benzene rings is 3. The van der Waals surface area contributed by atoms with Gasteiger partial charge in [0.15, 0.2) is 5.78 Å². The number of phosphoric ester groups is 1. The zero-order chi connectivity index (χ0) is 21.7. The zero-order valence-corrected chi connectivity index (χ0v) is 20.8. The number of aryl methyl sites for hydroxylation is 2. The van der Waals surface area contributed by atoms with Crippen molar-refractivity contribution in [1.82, 2.24) is 0 Å². The number of Topliss-reactive ketones (excluding diaryl/α,β-unsaturated/α-hetero) is 1. The Morgan fingerprint density at radius 3 is 1.97 bits per heavy atom. The van der Waals surface area contributed by atoms with Gasteiger partial charge in [0, 0.05) is 12.7 Å². The molecule has 156 valence electrons. The monoisotopic (exact) mass is 448 g/mol. The molecule has 0 fully saturated rings. The summed E-state index contributed by atoms with van der Waals surface area (Å²) in [6.45, 7) is 3.68. The molecule has 0 aliphatic heterocycles. The number of ether oxygens (including phenoxy) is 1. The molecule has 0 aliphatic rings. The zero-order valence-electron chi connectivity index (χ0n) is 17.9. The number of carbonyl (C=O) groups is 1. The van der Waals surface area contributed by atoms with Crippen LogP contribution in [-0.4, -0.2) is 12.9 Å². The molecule has 0 amide bonds. The van der Waals surface area contributed by atoms with Gasteiger partial charge in [0.1, 0.15) is 17.6 Å². The summed E-state index contributed by atoms with van der Waals surface area (Å²) >= 11 is 0. The van der Waals surface area contributed by atoms with Crippen molar-refractivity contribution < 1.29 is 57.6 Å². The molecule has 0 N–H and O–H groups in total. The molecule has 2 atom stereocenters. The maximum Gasteiger partial charge on any atom is 1.00 e. The fraction of sp³-hybridized carbons (Fsp3) is 0.174. The second-order valence-corrected chi connectivity index (χ2v) is 8.13. The first-order valence-electron chi connectivity index (χ1n) is 9.28. The van der Waals surface area contributed by atoms with Gasteiger partial charge in [0.05, 0.1) is 0 Å². The molecule has 2 unspecified atom stereocenters. The largest absolute Gasteiger partial charge is 1.00 e. The summed E-state index contributed by atoms with van der Waals surface area (Å²) in [4.78, 5) is 25.0. The van der Waals surface area contributed by atoms with E-state index in [1.807, 2.05) is 50.2 Å². The van der Waals surface area contributed by atoms with Crippen LogP contribution in [0.5, 0.6) is 11.5 Å². The number of phosphoric acid groups is 1. The van der Waals surface area contributed by atoms with Crippen LogP contribution in [0.1, 0.15) is 33.2 Å². The summed E-state index contributed by atoms with van der Waals surface area (Å²) in [5, 5.41) is 0. The normalized spacial score (nSPS) is 13.4. The van der Waals surface area contributed by atoms with Gasteiger partial charge in [-0.2, -0.15) is 0 Å². The van der Waals surface area contributed by atoms with Crippen molar-refractivity contribution in [2.45, 2.75) is 20.0 Å². The first-order valence-corrected chi connectivity index (χ1v) is 10.7. The number of carbonyl (C=O) groups excluding carboxylic acids is 1. The Hall–Kier alpha value is -1.92. The van der Waals surface area contributed by atoms with Crippen LogP contribution in [-0.2, 0) is 9.30 Å². The van der Waals surface area contributed by atoms with Crippen molar-refractivity contribution in [2.75, 3.05) is 7.11 Å². The molecule has 3 aromatic rings. The van der Waals surface area contributed by atoms with Crippen LogP contribution < -0.4 is 43.5 Å². The fourth-order valence-corrected chi connectivity index (χ4v) is 3.90. The van der Waals surface area contributed by atoms with Crippen LogP contribution in [0.25, 0.3) is 0 Å². The Morgan fingerprint density at radius 2 is 1.42 bits per heavy atom. The summed E-state index contributed by atoms with van der Waals surface area (Å²) in [6, 6.07) is 20.0. The van der Waals surface area contributed by atoms with Gasteiger partial charge >= 0.3 is 37.4 Å². The number of hydrogen-bond acceptors (Lipinski definition) is 6. The van der Waals surface area contributed by atoms with E-state index in [-0.39, 0.29) is 46.8 Å². The molecule has 0 aliphatic carbocycles. The van der Waals surface area contributed by atoms with E-state index in [0.29, 0.717) is 5.56 Å². The second-order valence-electron chi connectivity index (χ2n) is 6.87. The summed E-state index contributed by atoms with van der Waals surface area (Å²) in [6.07, 6.45) is -0.753. The summed E-state index contributed by atoms with van der Waals surface area (Å²) < 4.78 is 27.7. The summed E-state index contributed by atoms with van der Waals surface area (Å²) in [7, 11) is -3.18. The maximum atomic E-state index is 12.8. The molecule has 0 aromatic heterocycles. The Morgan fingerprint density at radius 1 is 0.871 bits per heavy atom. The third kappa shape index (κ3) is 7.04. The fourth-order valence-electron chi connectivity index (χ4n) is 3.12. The predicted molar refractivity (Wildman–Crippen MR) is 112 cm³/mol. The topological polar surface area (TPSA) is 84.9 Å². The van der Waals surface area contributed by atoms with E-state index in [1.165, 1.54) is 31.4 Å². The van der Waals surface area contributed by atoms with Gasteiger partial charge in [-0.3, -0.25) is 4.79 Å².